The monoisotopic (exact) mass is 359 g/mol. The van der Waals surface area contributed by atoms with Crippen LogP contribution < -0.4 is 0 Å². The second-order valence-corrected chi connectivity index (χ2v) is 8.61. The van der Waals surface area contributed by atoms with Gasteiger partial charge >= 0.3 is 0 Å². The molecule has 1 aliphatic carbocycles. The van der Waals surface area contributed by atoms with Crippen LogP contribution in [0.1, 0.15) is 69.7 Å². The van der Waals surface area contributed by atoms with E-state index in [9.17, 15) is 4.79 Å². The number of amides is 1. The number of hydrogen-bond acceptors (Lipinski definition) is 4. The standard InChI is InChI=1S/C20H33N5O/c1-16-6-8-17(9-7-16)20(26)24-12-5-13-25-19(15-24)18(21-22-25)14-23-10-3-2-4-11-23/h16-17H,2-15H2,1H3. The number of aromatic nitrogens is 3. The quantitative estimate of drug-likeness (QED) is 0.833. The van der Waals surface area contributed by atoms with Crippen LogP contribution in [0.4, 0.5) is 0 Å². The third kappa shape index (κ3) is 3.95. The maximum Gasteiger partial charge on any atom is 0.226 e. The van der Waals surface area contributed by atoms with Crippen molar-refractivity contribution < 1.29 is 4.79 Å². The zero-order valence-electron chi connectivity index (χ0n) is 16.2. The van der Waals surface area contributed by atoms with E-state index in [0.29, 0.717) is 12.5 Å². The lowest BCUT2D eigenvalue weighted by Crippen LogP contribution is -2.37. The van der Waals surface area contributed by atoms with Gasteiger partial charge in [-0.1, -0.05) is 18.6 Å². The first-order chi connectivity index (χ1) is 12.7. The highest BCUT2D eigenvalue weighted by Crippen LogP contribution is 2.30. The number of piperidine rings is 1. The molecule has 1 amide bonds. The number of rotatable bonds is 3. The third-order valence-corrected chi connectivity index (χ3v) is 6.56. The molecule has 0 radical (unpaired) electrons. The molecule has 0 bridgehead atoms. The highest BCUT2D eigenvalue weighted by atomic mass is 16.2. The van der Waals surface area contributed by atoms with Gasteiger partial charge in [0.25, 0.3) is 0 Å². The van der Waals surface area contributed by atoms with Crippen LogP contribution in [0, 0.1) is 11.8 Å². The lowest BCUT2D eigenvalue weighted by Gasteiger charge is -2.30. The van der Waals surface area contributed by atoms with Crippen LogP contribution in [0.3, 0.4) is 0 Å². The maximum absolute atomic E-state index is 13.1. The fourth-order valence-electron chi connectivity index (χ4n) is 4.80. The zero-order valence-corrected chi connectivity index (χ0v) is 16.2. The molecule has 1 aromatic heterocycles. The molecule has 2 fully saturated rings. The predicted octanol–water partition coefficient (Wildman–Crippen LogP) is 2.82. The lowest BCUT2D eigenvalue weighted by molar-refractivity contribution is -0.137. The van der Waals surface area contributed by atoms with Crippen molar-refractivity contribution in [1.82, 2.24) is 24.8 Å². The molecule has 1 saturated carbocycles. The summed E-state index contributed by atoms with van der Waals surface area (Å²) in [6, 6.07) is 0. The normalized spacial score (nSPS) is 27.8. The van der Waals surface area contributed by atoms with Gasteiger partial charge in [0.1, 0.15) is 5.69 Å². The van der Waals surface area contributed by atoms with Crippen molar-refractivity contribution >= 4 is 5.91 Å². The number of carbonyl (C=O) groups is 1. The summed E-state index contributed by atoms with van der Waals surface area (Å²) in [5.41, 5.74) is 2.26. The molecule has 6 heteroatoms. The Labute approximate surface area is 156 Å². The minimum absolute atomic E-state index is 0.235. The summed E-state index contributed by atoms with van der Waals surface area (Å²) < 4.78 is 2.05. The van der Waals surface area contributed by atoms with E-state index in [1.54, 1.807) is 0 Å². The maximum atomic E-state index is 13.1. The van der Waals surface area contributed by atoms with Gasteiger partial charge in [0.15, 0.2) is 0 Å². The smallest absolute Gasteiger partial charge is 0.226 e. The number of nitrogens with zero attached hydrogens (tertiary/aromatic N) is 5. The Morgan fingerprint density at radius 1 is 1.00 bits per heavy atom. The van der Waals surface area contributed by atoms with Gasteiger partial charge in [0.2, 0.25) is 5.91 Å². The van der Waals surface area contributed by atoms with Crippen molar-refractivity contribution in [3.05, 3.63) is 11.4 Å². The number of aryl methyl sites for hydroxylation is 1. The van der Waals surface area contributed by atoms with Gasteiger partial charge in [0, 0.05) is 25.6 Å². The molecule has 26 heavy (non-hydrogen) atoms. The summed E-state index contributed by atoms with van der Waals surface area (Å²) in [5, 5.41) is 8.88. The molecule has 1 aromatic rings. The van der Waals surface area contributed by atoms with Crippen LogP contribution in [-0.2, 0) is 24.4 Å². The Hall–Kier alpha value is -1.43. The number of hydrogen-bond donors (Lipinski definition) is 0. The Balaban J connectivity index is 1.45. The van der Waals surface area contributed by atoms with Crippen LogP contribution in [-0.4, -0.2) is 50.3 Å². The van der Waals surface area contributed by atoms with Crippen molar-refractivity contribution in [3.63, 3.8) is 0 Å². The summed E-state index contributed by atoms with van der Waals surface area (Å²) in [6.07, 6.45) is 9.42. The van der Waals surface area contributed by atoms with E-state index in [-0.39, 0.29) is 5.92 Å². The first-order valence-electron chi connectivity index (χ1n) is 10.6. The number of carbonyl (C=O) groups excluding carboxylic acids is 1. The van der Waals surface area contributed by atoms with Crippen LogP contribution in [0.15, 0.2) is 0 Å². The summed E-state index contributed by atoms with van der Waals surface area (Å²) in [6.45, 7) is 7.96. The summed E-state index contributed by atoms with van der Waals surface area (Å²) in [5.74, 6) is 1.39. The first kappa shape index (κ1) is 18.0. The van der Waals surface area contributed by atoms with E-state index in [1.807, 2.05) is 0 Å². The summed E-state index contributed by atoms with van der Waals surface area (Å²) >= 11 is 0. The van der Waals surface area contributed by atoms with Crippen molar-refractivity contribution in [2.75, 3.05) is 19.6 Å². The van der Waals surface area contributed by atoms with Gasteiger partial charge in [-0.3, -0.25) is 9.69 Å². The minimum Gasteiger partial charge on any atom is -0.336 e. The SMILES string of the molecule is CC1CCC(C(=O)N2CCCn3nnc(CN4CCCCC4)c3C2)CC1. The fourth-order valence-corrected chi connectivity index (χ4v) is 4.80. The van der Waals surface area contributed by atoms with Crippen LogP contribution in [0.2, 0.25) is 0 Å². The molecule has 0 N–H and O–H groups in total. The minimum atomic E-state index is 0.235. The molecule has 4 rings (SSSR count). The third-order valence-electron chi connectivity index (χ3n) is 6.56. The largest absolute Gasteiger partial charge is 0.336 e. The molecule has 0 atom stereocenters. The molecule has 3 aliphatic rings. The molecular formula is C20H33N5O. The van der Waals surface area contributed by atoms with Crippen molar-refractivity contribution in [2.24, 2.45) is 11.8 Å². The van der Waals surface area contributed by atoms with Gasteiger partial charge in [-0.25, -0.2) is 4.68 Å². The molecule has 6 nitrogen and oxygen atoms in total. The van der Waals surface area contributed by atoms with Crippen molar-refractivity contribution in [1.29, 1.82) is 0 Å². The highest BCUT2D eigenvalue weighted by Gasteiger charge is 2.31. The molecule has 0 spiro atoms. The fraction of sp³-hybridized carbons (Fsp3) is 0.850. The molecule has 3 heterocycles. The second-order valence-electron chi connectivity index (χ2n) is 8.61. The predicted molar refractivity (Wildman–Crippen MR) is 100 cm³/mol. The highest BCUT2D eigenvalue weighted by molar-refractivity contribution is 5.79. The number of fused-ring (bicyclic) bond motifs is 1. The Kier molecular flexibility index (Phi) is 5.57. The van der Waals surface area contributed by atoms with Crippen LogP contribution in [0.25, 0.3) is 0 Å². The average molecular weight is 360 g/mol. The van der Waals surface area contributed by atoms with E-state index < -0.39 is 0 Å². The molecule has 0 unspecified atom stereocenters. The van der Waals surface area contributed by atoms with E-state index >= 15 is 0 Å². The number of likely N-dealkylation sites (tertiary alicyclic amines) is 1. The summed E-state index contributed by atoms with van der Waals surface area (Å²) in [7, 11) is 0. The van der Waals surface area contributed by atoms with Crippen molar-refractivity contribution in [2.45, 2.75) is 77.9 Å². The van der Waals surface area contributed by atoms with E-state index in [1.165, 1.54) is 37.8 Å². The Morgan fingerprint density at radius 2 is 1.77 bits per heavy atom. The Bertz CT molecular complexity index is 614. The zero-order chi connectivity index (χ0) is 17.9. The topological polar surface area (TPSA) is 54.3 Å². The lowest BCUT2D eigenvalue weighted by atomic mass is 9.82. The van der Waals surface area contributed by atoms with Gasteiger partial charge in [0.05, 0.1) is 12.2 Å². The van der Waals surface area contributed by atoms with E-state index in [2.05, 4.69) is 31.7 Å². The molecule has 1 saturated heterocycles. The van der Waals surface area contributed by atoms with E-state index in [4.69, 9.17) is 0 Å². The van der Waals surface area contributed by atoms with Crippen molar-refractivity contribution in [3.8, 4) is 0 Å². The molecular weight excluding hydrogens is 326 g/mol. The average Bonchev–Trinajstić information content (AvgIpc) is 2.90. The Morgan fingerprint density at radius 3 is 2.54 bits per heavy atom. The van der Waals surface area contributed by atoms with Crippen LogP contribution >= 0.6 is 0 Å². The van der Waals surface area contributed by atoms with E-state index in [0.717, 1.165) is 63.6 Å². The second kappa shape index (κ2) is 8.07. The molecule has 144 valence electrons. The molecule has 0 aromatic carbocycles. The van der Waals surface area contributed by atoms with Gasteiger partial charge in [-0.2, -0.15) is 0 Å². The van der Waals surface area contributed by atoms with Gasteiger partial charge < -0.3 is 4.90 Å². The van der Waals surface area contributed by atoms with Crippen LogP contribution in [0.5, 0.6) is 0 Å². The van der Waals surface area contributed by atoms with Gasteiger partial charge in [-0.05, 0) is 64.0 Å². The molecule has 2 aliphatic heterocycles. The summed E-state index contributed by atoms with van der Waals surface area (Å²) in [4.78, 5) is 17.7. The first-order valence-corrected chi connectivity index (χ1v) is 10.6. The van der Waals surface area contributed by atoms with Gasteiger partial charge in [-0.15, -0.1) is 5.10 Å².